The number of nitrogens with one attached hydrogen (secondary N) is 1. The van der Waals surface area contributed by atoms with Gasteiger partial charge in [-0.2, -0.15) is 0 Å². The van der Waals surface area contributed by atoms with Crippen LogP contribution in [0.3, 0.4) is 0 Å². The maximum Gasteiger partial charge on any atom is 0.224 e. The second kappa shape index (κ2) is 7.70. The van der Waals surface area contributed by atoms with Gasteiger partial charge in [-0.25, -0.2) is 0 Å². The predicted octanol–water partition coefficient (Wildman–Crippen LogP) is 3.34. The molecule has 2 N–H and O–H groups in total. The number of phenolic OH excluding ortho intramolecular Hbond substituents is 1. The summed E-state index contributed by atoms with van der Waals surface area (Å²) in [5.41, 5.74) is 2.11. The zero-order valence-corrected chi connectivity index (χ0v) is 12.4. The standard InChI is InChI=1S/C17H18ClNO2/c18-15-7-3-14(4-8-15)12-17(21)19-11-1-2-13-5-9-16(20)10-6-13/h3-10,20H,1-2,11-12H2,(H,19,21). The van der Waals surface area contributed by atoms with Gasteiger partial charge in [0.25, 0.3) is 0 Å². The highest BCUT2D eigenvalue weighted by Gasteiger charge is 2.03. The highest BCUT2D eigenvalue weighted by molar-refractivity contribution is 6.30. The fourth-order valence-electron chi connectivity index (χ4n) is 2.03. The summed E-state index contributed by atoms with van der Waals surface area (Å²) in [6, 6.07) is 14.4. The third-order valence-electron chi connectivity index (χ3n) is 3.18. The van der Waals surface area contributed by atoms with E-state index in [-0.39, 0.29) is 11.7 Å². The van der Waals surface area contributed by atoms with Gasteiger partial charge in [0.15, 0.2) is 0 Å². The van der Waals surface area contributed by atoms with Crippen molar-refractivity contribution in [3.63, 3.8) is 0 Å². The average Bonchev–Trinajstić information content (AvgIpc) is 2.48. The Hall–Kier alpha value is -2.00. The second-order valence-electron chi connectivity index (χ2n) is 4.92. The molecular formula is C17H18ClNO2. The zero-order chi connectivity index (χ0) is 15.1. The van der Waals surface area contributed by atoms with Gasteiger partial charge in [-0.3, -0.25) is 4.79 Å². The molecule has 0 fully saturated rings. The summed E-state index contributed by atoms with van der Waals surface area (Å²) >= 11 is 5.80. The van der Waals surface area contributed by atoms with E-state index < -0.39 is 0 Å². The van der Waals surface area contributed by atoms with Crippen LogP contribution in [-0.4, -0.2) is 17.6 Å². The van der Waals surface area contributed by atoms with Crippen molar-refractivity contribution in [3.05, 3.63) is 64.7 Å². The van der Waals surface area contributed by atoms with Crippen LogP contribution < -0.4 is 5.32 Å². The lowest BCUT2D eigenvalue weighted by atomic mass is 10.1. The molecule has 21 heavy (non-hydrogen) atoms. The molecule has 0 atom stereocenters. The Bertz CT molecular complexity index is 579. The van der Waals surface area contributed by atoms with Crippen LogP contribution in [0.2, 0.25) is 5.02 Å². The SMILES string of the molecule is O=C(Cc1ccc(Cl)cc1)NCCCc1ccc(O)cc1. The van der Waals surface area contributed by atoms with Crippen molar-refractivity contribution in [2.45, 2.75) is 19.3 Å². The number of amides is 1. The van der Waals surface area contributed by atoms with Gasteiger partial charge in [-0.05, 0) is 48.2 Å². The van der Waals surface area contributed by atoms with Crippen molar-refractivity contribution < 1.29 is 9.90 Å². The molecule has 0 heterocycles. The average molecular weight is 304 g/mol. The fourth-order valence-corrected chi connectivity index (χ4v) is 2.16. The molecule has 0 aliphatic rings. The normalized spacial score (nSPS) is 10.3. The van der Waals surface area contributed by atoms with E-state index in [0.717, 1.165) is 24.0 Å². The van der Waals surface area contributed by atoms with E-state index in [2.05, 4.69) is 5.32 Å². The third kappa shape index (κ3) is 5.48. The molecule has 0 aliphatic carbocycles. The number of aromatic hydroxyl groups is 1. The largest absolute Gasteiger partial charge is 0.508 e. The van der Waals surface area contributed by atoms with Gasteiger partial charge in [0, 0.05) is 11.6 Å². The Kier molecular flexibility index (Phi) is 5.64. The lowest BCUT2D eigenvalue weighted by Gasteiger charge is -2.06. The molecule has 110 valence electrons. The Morgan fingerprint density at radius 1 is 1.00 bits per heavy atom. The fraction of sp³-hybridized carbons (Fsp3) is 0.235. The minimum atomic E-state index is 0.0167. The van der Waals surface area contributed by atoms with Gasteiger partial charge in [0.1, 0.15) is 5.75 Å². The maximum absolute atomic E-state index is 11.8. The van der Waals surface area contributed by atoms with Crippen LogP contribution in [0.15, 0.2) is 48.5 Å². The number of aryl methyl sites for hydroxylation is 1. The van der Waals surface area contributed by atoms with E-state index in [0.29, 0.717) is 18.0 Å². The van der Waals surface area contributed by atoms with Crippen molar-refractivity contribution in [2.24, 2.45) is 0 Å². The van der Waals surface area contributed by atoms with Crippen LogP contribution in [-0.2, 0) is 17.6 Å². The first-order valence-corrected chi connectivity index (χ1v) is 7.30. The topological polar surface area (TPSA) is 49.3 Å². The van der Waals surface area contributed by atoms with Crippen molar-refractivity contribution in [2.75, 3.05) is 6.54 Å². The van der Waals surface area contributed by atoms with E-state index in [9.17, 15) is 9.90 Å². The molecule has 0 saturated heterocycles. The lowest BCUT2D eigenvalue weighted by molar-refractivity contribution is -0.120. The molecule has 0 unspecified atom stereocenters. The van der Waals surface area contributed by atoms with Crippen LogP contribution in [0.4, 0.5) is 0 Å². The Balaban J connectivity index is 1.67. The van der Waals surface area contributed by atoms with Crippen molar-refractivity contribution in [3.8, 4) is 5.75 Å². The molecule has 2 aromatic rings. The van der Waals surface area contributed by atoms with Crippen LogP contribution >= 0.6 is 11.6 Å². The van der Waals surface area contributed by atoms with Gasteiger partial charge in [-0.1, -0.05) is 35.9 Å². The quantitative estimate of drug-likeness (QED) is 0.804. The summed E-state index contributed by atoms with van der Waals surface area (Å²) in [4.78, 5) is 11.8. The molecule has 3 nitrogen and oxygen atoms in total. The van der Waals surface area contributed by atoms with Crippen molar-refractivity contribution in [1.29, 1.82) is 0 Å². The van der Waals surface area contributed by atoms with Crippen LogP contribution in [0, 0.1) is 0 Å². The van der Waals surface area contributed by atoms with Gasteiger partial charge in [0.2, 0.25) is 5.91 Å². The van der Waals surface area contributed by atoms with Crippen molar-refractivity contribution >= 4 is 17.5 Å². The molecule has 0 bridgehead atoms. The maximum atomic E-state index is 11.8. The van der Waals surface area contributed by atoms with Gasteiger partial charge < -0.3 is 10.4 Å². The van der Waals surface area contributed by atoms with Gasteiger partial charge in [-0.15, -0.1) is 0 Å². The molecule has 0 aliphatic heterocycles. The van der Waals surface area contributed by atoms with Gasteiger partial charge >= 0.3 is 0 Å². The van der Waals surface area contributed by atoms with E-state index >= 15 is 0 Å². The number of carbonyl (C=O) groups is 1. The summed E-state index contributed by atoms with van der Waals surface area (Å²) < 4.78 is 0. The van der Waals surface area contributed by atoms with Gasteiger partial charge in [0.05, 0.1) is 6.42 Å². The molecule has 2 rings (SSSR count). The predicted molar refractivity (Wildman–Crippen MR) is 84.6 cm³/mol. The second-order valence-corrected chi connectivity index (χ2v) is 5.36. The van der Waals surface area contributed by atoms with Crippen LogP contribution in [0.5, 0.6) is 5.75 Å². The van der Waals surface area contributed by atoms with E-state index in [4.69, 9.17) is 11.6 Å². The van der Waals surface area contributed by atoms with Crippen LogP contribution in [0.1, 0.15) is 17.5 Å². The minimum absolute atomic E-state index is 0.0167. The summed E-state index contributed by atoms with van der Waals surface area (Å²) in [6.45, 7) is 0.646. The summed E-state index contributed by atoms with van der Waals surface area (Å²) in [6.07, 6.45) is 2.12. The number of phenols is 1. The Morgan fingerprint density at radius 2 is 1.62 bits per heavy atom. The van der Waals surface area contributed by atoms with Crippen LogP contribution in [0.25, 0.3) is 0 Å². The highest BCUT2D eigenvalue weighted by Crippen LogP contribution is 2.11. The molecule has 1 amide bonds. The first-order chi connectivity index (χ1) is 10.1. The summed E-state index contributed by atoms with van der Waals surface area (Å²) in [7, 11) is 0. The van der Waals surface area contributed by atoms with E-state index in [1.165, 1.54) is 0 Å². The summed E-state index contributed by atoms with van der Waals surface area (Å²) in [5.74, 6) is 0.290. The van der Waals surface area contributed by atoms with Crippen molar-refractivity contribution in [1.82, 2.24) is 5.32 Å². The lowest BCUT2D eigenvalue weighted by Crippen LogP contribution is -2.26. The number of carbonyl (C=O) groups excluding carboxylic acids is 1. The molecule has 0 aromatic heterocycles. The first kappa shape index (κ1) is 15.4. The number of rotatable bonds is 6. The smallest absolute Gasteiger partial charge is 0.224 e. The van der Waals surface area contributed by atoms with E-state index in [1.807, 2.05) is 24.3 Å². The minimum Gasteiger partial charge on any atom is -0.508 e. The number of hydrogen-bond donors (Lipinski definition) is 2. The summed E-state index contributed by atoms with van der Waals surface area (Å²) in [5, 5.41) is 12.8. The molecule has 2 aromatic carbocycles. The first-order valence-electron chi connectivity index (χ1n) is 6.92. The highest BCUT2D eigenvalue weighted by atomic mass is 35.5. The number of hydrogen-bond acceptors (Lipinski definition) is 2. The zero-order valence-electron chi connectivity index (χ0n) is 11.7. The Morgan fingerprint density at radius 3 is 2.29 bits per heavy atom. The van der Waals surface area contributed by atoms with E-state index in [1.54, 1.807) is 24.3 Å². The molecule has 0 radical (unpaired) electrons. The monoisotopic (exact) mass is 303 g/mol. The number of benzene rings is 2. The molecular weight excluding hydrogens is 286 g/mol. The number of halogens is 1. The Labute approximate surface area is 129 Å². The molecule has 0 spiro atoms. The molecule has 0 saturated carbocycles. The molecule has 4 heteroatoms. The third-order valence-corrected chi connectivity index (χ3v) is 3.43.